The molecule has 2 heterocycles. The van der Waals surface area contributed by atoms with Gasteiger partial charge in [-0.15, -0.1) is 0 Å². The summed E-state index contributed by atoms with van der Waals surface area (Å²) in [6.07, 6.45) is 1.64. The Kier molecular flexibility index (Phi) is 7.54. The molecule has 0 radical (unpaired) electrons. The lowest BCUT2D eigenvalue weighted by Gasteiger charge is -2.36. The van der Waals surface area contributed by atoms with E-state index in [0.29, 0.717) is 55.7 Å². The van der Waals surface area contributed by atoms with Crippen molar-refractivity contribution >= 4 is 28.3 Å². The van der Waals surface area contributed by atoms with Crippen LogP contribution in [0.5, 0.6) is 5.75 Å². The number of halogens is 1. The molecular weight excluding hydrogens is 547 g/mol. The molecule has 0 atom stereocenters. The molecule has 0 bridgehead atoms. The van der Waals surface area contributed by atoms with Crippen LogP contribution in [0.2, 0.25) is 0 Å². The molecule has 8 nitrogen and oxygen atoms in total. The van der Waals surface area contributed by atoms with Crippen molar-refractivity contribution in [2.45, 2.75) is 13.8 Å². The number of hydrogen-bond acceptors (Lipinski definition) is 5. The molecule has 1 aliphatic heterocycles. The number of carboxylic acid groups (broad SMARTS) is 1. The van der Waals surface area contributed by atoms with Gasteiger partial charge in [0.25, 0.3) is 5.91 Å². The minimum atomic E-state index is -0.992. The molecule has 0 aliphatic carbocycles. The van der Waals surface area contributed by atoms with Crippen molar-refractivity contribution in [3.05, 3.63) is 108 Å². The molecule has 1 N–H and O–H groups in total. The van der Waals surface area contributed by atoms with Crippen molar-refractivity contribution < 1.29 is 23.8 Å². The quantitative estimate of drug-likeness (QED) is 0.248. The van der Waals surface area contributed by atoms with E-state index in [1.165, 1.54) is 6.07 Å². The number of piperazine rings is 1. The van der Waals surface area contributed by atoms with E-state index in [1.807, 2.05) is 79.4 Å². The van der Waals surface area contributed by atoms with Crippen LogP contribution in [0.4, 0.5) is 10.1 Å². The van der Waals surface area contributed by atoms with Gasteiger partial charge in [-0.3, -0.25) is 9.36 Å². The fourth-order valence-electron chi connectivity index (χ4n) is 5.54. The average molecular weight is 579 g/mol. The summed E-state index contributed by atoms with van der Waals surface area (Å²) in [5.41, 5.74) is 2.82. The number of hydrogen-bond donors (Lipinski definition) is 1. The number of nitrogens with zero attached hydrogens (tertiary/aromatic N) is 4. The number of anilines is 1. The Balaban J connectivity index is 1.29. The Morgan fingerprint density at radius 2 is 1.67 bits per heavy atom. The van der Waals surface area contributed by atoms with Crippen LogP contribution in [-0.4, -0.2) is 64.2 Å². The lowest BCUT2D eigenvalue weighted by atomic mass is 10.0. The summed E-state index contributed by atoms with van der Waals surface area (Å²) in [6, 6.07) is 23.6. The molecule has 43 heavy (non-hydrogen) atoms. The lowest BCUT2D eigenvalue weighted by molar-refractivity contribution is 0.0692. The topological polar surface area (TPSA) is 87.9 Å². The number of amides is 1. The Labute approximate surface area is 248 Å². The maximum Gasteiger partial charge on any atom is 0.337 e. The van der Waals surface area contributed by atoms with Gasteiger partial charge in [-0.1, -0.05) is 36.4 Å². The highest BCUT2D eigenvalue weighted by Crippen LogP contribution is 2.30. The van der Waals surface area contributed by atoms with E-state index < -0.39 is 11.8 Å². The number of carbonyl (C=O) groups excluding carboxylic acids is 1. The third-order valence-electron chi connectivity index (χ3n) is 7.70. The van der Waals surface area contributed by atoms with Crippen LogP contribution in [0.15, 0.2) is 85.1 Å². The Morgan fingerprint density at radius 3 is 2.37 bits per heavy atom. The first-order valence-corrected chi connectivity index (χ1v) is 14.2. The molecule has 218 valence electrons. The standard InChI is InChI=1S/C34H31FN4O4/c1-3-43-26-10-6-9-25(20-26)39-21-30(36-32(39)27-12-11-22(2)17-29(27)35)33(40)38-15-13-37(14-16-38)31-19-24-8-5-4-7-23(24)18-28(31)34(41)42/h4-12,17-21H,3,13-16H2,1-2H3,(H,41,42). The zero-order valence-electron chi connectivity index (χ0n) is 24.0. The molecule has 0 saturated carbocycles. The van der Waals surface area contributed by atoms with Crippen molar-refractivity contribution in [1.29, 1.82) is 0 Å². The molecule has 6 rings (SSSR count). The summed E-state index contributed by atoms with van der Waals surface area (Å²) in [4.78, 5) is 34.2. The van der Waals surface area contributed by atoms with E-state index in [9.17, 15) is 14.7 Å². The van der Waals surface area contributed by atoms with Crippen LogP contribution >= 0.6 is 0 Å². The number of carboxylic acids is 1. The summed E-state index contributed by atoms with van der Waals surface area (Å²) in [5, 5.41) is 11.7. The van der Waals surface area contributed by atoms with Gasteiger partial charge in [0, 0.05) is 38.4 Å². The van der Waals surface area contributed by atoms with E-state index in [4.69, 9.17) is 4.74 Å². The number of imidazole rings is 1. The van der Waals surface area contributed by atoms with E-state index in [0.717, 1.165) is 16.3 Å². The van der Waals surface area contributed by atoms with Crippen molar-refractivity contribution in [3.8, 4) is 22.8 Å². The summed E-state index contributed by atoms with van der Waals surface area (Å²) < 4.78 is 22.6. The molecule has 9 heteroatoms. The lowest BCUT2D eigenvalue weighted by Crippen LogP contribution is -2.49. The fourth-order valence-corrected chi connectivity index (χ4v) is 5.54. The minimum Gasteiger partial charge on any atom is -0.494 e. The van der Waals surface area contributed by atoms with E-state index in [-0.39, 0.29) is 22.7 Å². The maximum atomic E-state index is 15.2. The molecule has 0 unspecified atom stereocenters. The zero-order chi connectivity index (χ0) is 30.1. The zero-order valence-corrected chi connectivity index (χ0v) is 24.0. The minimum absolute atomic E-state index is 0.196. The summed E-state index contributed by atoms with van der Waals surface area (Å²) in [6.45, 7) is 5.89. The highest BCUT2D eigenvalue weighted by atomic mass is 19.1. The number of aromatic carboxylic acids is 1. The van der Waals surface area contributed by atoms with Crippen LogP contribution < -0.4 is 9.64 Å². The second kappa shape index (κ2) is 11.6. The normalized spacial score (nSPS) is 13.4. The number of aryl methyl sites for hydroxylation is 1. The Morgan fingerprint density at radius 1 is 0.930 bits per heavy atom. The largest absolute Gasteiger partial charge is 0.494 e. The maximum absolute atomic E-state index is 15.2. The molecule has 1 aliphatic rings. The van der Waals surface area contributed by atoms with E-state index in [2.05, 4.69) is 4.98 Å². The van der Waals surface area contributed by atoms with E-state index in [1.54, 1.807) is 27.8 Å². The molecule has 0 spiro atoms. The van der Waals surface area contributed by atoms with Gasteiger partial charge >= 0.3 is 5.97 Å². The number of benzene rings is 4. The van der Waals surface area contributed by atoms with Crippen molar-refractivity contribution in [3.63, 3.8) is 0 Å². The van der Waals surface area contributed by atoms with Crippen LogP contribution in [0.1, 0.15) is 33.3 Å². The average Bonchev–Trinajstić information content (AvgIpc) is 3.45. The summed E-state index contributed by atoms with van der Waals surface area (Å²) >= 11 is 0. The van der Waals surface area contributed by atoms with Gasteiger partial charge in [0.05, 0.1) is 29.1 Å². The molecular formula is C34H31FN4O4. The molecule has 5 aromatic rings. The van der Waals surface area contributed by atoms with Crippen LogP contribution in [-0.2, 0) is 0 Å². The monoisotopic (exact) mass is 578 g/mol. The van der Waals surface area contributed by atoms with Gasteiger partial charge in [0.1, 0.15) is 23.1 Å². The first-order valence-electron chi connectivity index (χ1n) is 14.2. The molecule has 1 saturated heterocycles. The third kappa shape index (κ3) is 5.53. The van der Waals surface area contributed by atoms with Crippen molar-refractivity contribution in [2.24, 2.45) is 0 Å². The summed E-state index contributed by atoms with van der Waals surface area (Å²) in [5.74, 6) is -0.720. The first kappa shape index (κ1) is 28.0. The number of carbonyl (C=O) groups is 2. The van der Waals surface area contributed by atoms with Crippen molar-refractivity contribution in [1.82, 2.24) is 14.5 Å². The Bertz CT molecular complexity index is 1840. The molecule has 1 aromatic heterocycles. The van der Waals surface area contributed by atoms with Crippen LogP contribution in [0.3, 0.4) is 0 Å². The predicted molar refractivity (Wildman–Crippen MR) is 164 cm³/mol. The van der Waals surface area contributed by atoms with E-state index >= 15 is 4.39 Å². The SMILES string of the molecule is CCOc1cccc(-n2cc(C(=O)N3CCN(c4cc5ccccc5cc4C(=O)O)CC3)nc2-c2ccc(C)cc2F)c1. The third-order valence-corrected chi connectivity index (χ3v) is 7.70. The number of rotatable bonds is 7. The van der Waals surface area contributed by atoms with Crippen LogP contribution in [0, 0.1) is 12.7 Å². The highest BCUT2D eigenvalue weighted by molar-refractivity contribution is 6.01. The number of aromatic nitrogens is 2. The van der Waals surface area contributed by atoms with Gasteiger partial charge in [0.2, 0.25) is 0 Å². The second-order valence-electron chi connectivity index (χ2n) is 10.5. The fraction of sp³-hybridized carbons (Fsp3) is 0.206. The van der Waals surface area contributed by atoms with Gasteiger partial charge in [-0.25, -0.2) is 14.2 Å². The first-order chi connectivity index (χ1) is 20.8. The van der Waals surface area contributed by atoms with Crippen LogP contribution in [0.25, 0.3) is 27.8 Å². The smallest absolute Gasteiger partial charge is 0.337 e. The van der Waals surface area contributed by atoms with Gasteiger partial charge in [-0.05, 0) is 66.6 Å². The number of fused-ring (bicyclic) bond motifs is 1. The van der Waals surface area contributed by atoms with Gasteiger partial charge in [0.15, 0.2) is 0 Å². The number of ether oxygens (including phenoxy) is 1. The van der Waals surface area contributed by atoms with Gasteiger partial charge in [-0.2, -0.15) is 0 Å². The highest BCUT2D eigenvalue weighted by Gasteiger charge is 2.28. The van der Waals surface area contributed by atoms with Crippen molar-refractivity contribution in [2.75, 3.05) is 37.7 Å². The molecule has 1 amide bonds. The molecule has 1 fully saturated rings. The second-order valence-corrected chi connectivity index (χ2v) is 10.5. The van der Waals surface area contributed by atoms with Gasteiger partial charge < -0.3 is 19.6 Å². The Hall–Kier alpha value is -5.18. The summed E-state index contributed by atoms with van der Waals surface area (Å²) in [7, 11) is 0. The predicted octanol–water partition coefficient (Wildman–Crippen LogP) is 6.20. The molecule has 4 aromatic carbocycles.